The molecule has 0 N–H and O–H groups in total. The quantitative estimate of drug-likeness (QED) is 0.776. The van der Waals surface area contributed by atoms with Crippen molar-refractivity contribution in [1.29, 1.82) is 0 Å². The summed E-state index contributed by atoms with van der Waals surface area (Å²) in [6.07, 6.45) is 5.46. The van der Waals surface area contributed by atoms with Crippen molar-refractivity contribution in [2.75, 3.05) is 0 Å². The number of aryl methyl sites for hydroxylation is 2. The number of nitrogens with zero attached hydrogens (tertiary/aromatic N) is 2. The van der Waals surface area contributed by atoms with Crippen LogP contribution in [0.2, 0.25) is 5.15 Å². The van der Waals surface area contributed by atoms with E-state index in [0.717, 1.165) is 36.1 Å². The van der Waals surface area contributed by atoms with Gasteiger partial charge in [-0.1, -0.05) is 42.1 Å². The summed E-state index contributed by atoms with van der Waals surface area (Å²) in [5.41, 5.74) is 4.68. The zero-order valence-corrected chi connectivity index (χ0v) is 13.2. The Morgan fingerprint density at radius 1 is 1.29 bits per heavy atom. The Hall–Kier alpha value is -1.61. The number of carbonyl (C=O) groups is 1. The maximum atomic E-state index is 11.5. The van der Waals surface area contributed by atoms with Crippen molar-refractivity contribution < 1.29 is 4.79 Å². The maximum absolute atomic E-state index is 11.5. The summed E-state index contributed by atoms with van der Waals surface area (Å²) in [5.74, 6) is 0.370. The predicted octanol–water partition coefficient (Wildman–Crippen LogP) is 4.61. The highest BCUT2D eigenvalue weighted by molar-refractivity contribution is 6.32. The van der Waals surface area contributed by atoms with E-state index in [9.17, 15) is 4.79 Å². The number of aldehydes is 1. The van der Waals surface area contributed by atoms with Crippen molar-refractivity contribution >= 4 is 17.9 Å². The third kappa shape index (κ3) is 2.51. The summed E-state index contributed by atoms with van der Waals surface area (Å²) >= 11 is 6.42. The summed E-state index contributed by atoms with van der Waals surface area (Å²) in [6.45, 7) is 4.10. The van der Waals surface area contributed by atoms with Crippen LogP contribution in [0.3, 0.4) is 0 Å². The molecule has 110 valence electrons. The summed E-state index contributed by atoms with van der Waals surface area (Å²) in [5, 5.41) is 5.11. The van der Waals surface area contributed by atoms with Gasteiger partial charge in [-0.05, 0) is 38.3 Å². The van der Waals surface area contributed by atoms with Crippen LogP contribution in [0.5, 0.6) is 0 Å². The first-order chi connectivity index (χ1) is 10.1. The number of benzene rings is 1. The largest absolute Gasteiger partial charge is 0.298 e. The van der Waals surface area contributed by atoms with Crippen molar-refractivity contribution in [2.24, 2.45) is 0 Å². The maximum Gasteiger partial charge on any atom is 0.155 e. The highest BCUT2D eigenvalue weighted by atomic mass is 35.5. The Bertz CT molecular complexity index is 684. The van der Waals surface area contributed by atoms with Crippen molar-refractivity contribution in [3.63, 3.8) is 0 Å². The van der Waals surface area contributed by atoms with E-state index in [1.54, 1.807) is 4.68 Å². The fourth-order valence-electron chi connectivity index (χ4n) is 3.24. The molecule has 2 aromatic rings. The van der Waals surface area contributed by atoms with Crippen LogP contribution in [0.4, 0.5) is 0 Å². The Kier molecular flexibility index (Phi) is 3.85. The smallest absolute Gasteiger partial charge is 0.155 e. The van der Waals surface area contributed by atoms with E-state index in [4.69, 9.17) is 11.6 Å². The molecule has 1 aliphatic rings. The molecule has 1 aromatic heterocycles. The molecule has 0 unspecified atom stereocenters. The van der Waals surface area contributed by atoms with Gasteiger partial charge in [0.05, 0.1) is 16.9 Å². The second kappa shape index (κ2) is 5.64. The Morgan fingerprint density at radius 3 is 2.62 bits per heavy atom. The van der Waals surface area contributed by atoms with E-state index in [1.165, 1.54) is 18.4 Å². The lowest BCUT2D eigenvalue weighted by molar-refractivity contribution is 0.112. The SMILES string of the molecule is Cc1ccc(-n2nc(C3CCCC3)c(C=O)c2Cl)c(C)c1. The molecule has 0 atom stereocenters. The summed E-state index contributed by atoms with van der Waals surface area (Å²) in [4.78, 5) is 11.5. The van der Waals surface area contributed by atoms with Crippen LogP contribution in [-0.4, -0.2) is 16.1 Å². The van der Waals surface area contributed by atoms with Crippen LogP contribution in [0.1, 0.15) is 58.8 Å². The first kappa shape index (κ1) is 14.3. The average molecular weight is 303 g/mol. The molecule has 0 saturated heterocycles. The summed E-state index contributed by atoms with van der Waals surface area (Å²) in [7, 11) is 0. The third-order valence-electron chi connectivity index (χ3n) is 4.33. The van der Waals surface area contributed by atoms with Crippen LogP contribution in [0.15, 0.2) is 18.2 Å². The molecular weight excluding hydrogens is 284 g/mol. The van der Waals surface area contributed by atoms with Gasteiger partial charge >= 0.3 is 0 Å². The van der Waals surface area contributed by atoms with E-state index in [1.807, 2.05) is 19.1 Å². The second-order valence-corrected chi connectivity index (χ2v) is 6.25. The van der Waals surface area contributed by atoms with Gasteiger partial charge in [-0.15, -0.1) is 0 Å². The lowest BCUT2D eigenvalue weighted by Crippen LogP contribution is -2.02. The monoisotopic (exact) mass is 302 g/mol. The zero-order chi connectivity index (χ0) is 15.0. The number of rotatable bonds is 3. The molecule has 1 fully saturated rings. The number of carbonyl (C=O) groups excluding carboxylic acids is 1. The van der Waals surface area contributed by atoms with Crippen LogP contribution < -0.4 is 0 Å². The number of hydrogen-bond acceptors (Lipinski definition) is 2. The van der Waals surface area contributed by atoms with E-state index in [-0.39, 0.29) is 0 Å². The fourth-order valence-corrected chi connectivity index (χ4v) is 3.51. The van der Waals surface area contributed by atoms with Gasteiger partial charge in [0.1, 0.15) is 5.15 Å². The van der Waals surface area contributed by atoms with E-state index in [0.29, 0.717) is 16.6 Å². The molecule has 1 aromatic carbocycles. The Labute approximate surface area is 129 Å². The van der Waals surface area contributed by atoms with Gasteiger partial charge in [-0.2, -0.15) is 5.10 Å². The molecule has 0 amide bonds. The van der Waals surface area contributed by atoms with Crippen molar-refractivity contribution in [2.45, 2.75) is 45.4 Å². The van der Waals surface area contributed by atoms with E-state index < -0.39 is 0 Å². The molecule has 4 heteroatoms. The van der Waals surface area contributed by atoms with Crippen LogP contribution >= 0.6 is 11.6 Å². The fraction of sp³-hybridized carbons (Fsp3) is 0.412. The normalized spacial score (nSPS) is 15.6. The topological polar surface area (TPSA) is 34.9 Å². The van der Waals surface area contributed by atoms with Gasteiger partial charge in [0.25, 0.3) is 0 Å². The molecule has 0 bridgehead atoms. The van der Waals surface area contributed by atoms with Crippen molar-refractivity contribution in [1.82, 2.24) is 9.78 Å². The van der Waals surface area contributed by atoms with Crippen molar-refractivity contribution in [3.8, 4) is 5.69 Å². The molecule has 0 aliphatic heterocycles. The number of hydrogen-bond donors (Lipinski definition) is 0. The predicted molar refractivity (Wildman–Crippen MR) is 84.6 cm³/mol. The molecule has 0 radical (unpaired) electrons. The molecule has 1 aliphatic carbocycles. The van der Waals surface area contributed by atoms with Crippen LogP contribution in [0, 0.1) is 13.8 Å². The highest BCUT2D eigenvalue weighted by Crippen LogP contribution is 2.37. The second-order valence-electron chi connectivity index (χ2n) is 5.89. The van der Waals surface area contributed by atoms with Gasteiger partial charge in [0, 0.05) is 5.92 Å². The van der Waals surface area contributed by atoms with E-state index >= 15 is 0 Å². The average Bonchev–Trinajstić information content (AvgIpc) is 3.07. The van der Waals surface area contributed by atoms with Gasteiger partial charge < -0.3 is 0 Å². The highest BCUT2D eigenvalue weighted by Gasteiger charge is 2.26. The van der Waals surface area contributed by atoms with Gasteiger partial charge in [0.15, 0.2) is 6.29 Å². The molecule has 1 heterocycles. The first-order valence-corrected chi connectivity index (χ1v) is 7.81. The summed E-state index contributed by atoms with van der Waals surface area (Å²) in [6, 6.07) is 6.15. The van der Waals surface area contributed by atoms with Gasteiger partial charge in [0.2, 0.25) is 0 Å². The minimum Gasteiger partial charge on any atom is -0.298 e. The molecular formula is C17H19ClN2O. The number of halogens is 1. The minimum absolute atomic E-state index is 0.370. The molecule has 3 nitrogen and oxygen atoms in total. The third-order valence-corrected chi connectivity index (χ3v) is 4.70. The Balaban J connectivity index is 2.12. The van der Waals surface area contributed by atoms with Gasteiger partial charge in [-0.25, -0.2) is 4.68 Å². The lowest BCUT2D eigenvalue weighted by atomic mass is 10.0. The molecule has 0 spiro atoms. The first-order valence-electron chi connectivity index (χ1n) is 7.43. The standard InChI is InChI=1S/C17H19ClN2O/c1-11-7-8-15(12(2)9-11)20-17(18)14(10-21)16(19-20)13-5-3-4-6-13/h7-10,13H,3-6H2,1-2H3. The Morgan fingerprint density at radius 2 is 2.00 bits per heavy atom. The van der Waals surface area contributed by atoms with Crippen LogP contribution in [0.25, 0.3) is 5.69 Å². The zero-order valence-electron chi connectivity index (χ0n) is 12.4. The summed E-state index contributed by atoms with van der Waals surface area (Å²) < 4.78 is 1.72. The van der Waals surface area contributed by atoms with E-state index in [2.05, 4.69) is 18.1 Å². The van der Waals surface area contributed by atoms with Crippen LogP contribution in [-0.2, 0) is 0 Å². The molecule has 21 heavy (non-hydrogen) atoms. The minimum atomic E-state index is 0.370. The van der Waals surface area contributed by atoms with Crippen molar-refractivity contribution in [3.05, 3.63) is 45.7 Å². The molecule has 3 rings (SSSR count). The lowest BCUT2D eigenvalue weighted by Gasteiger charge is -2.08. The van der Waals surface area contributed by atoms with Gasteiger partial charge in [-0.3, -0.25) is 4.79 Å². The molecule has 1 saturated carbocycles. The number of aromatic nitrogens is 2.